The van der Waals surface area contributed by atoms with E-state index in [1.165, 1.54) is 17.0 Å². The van der Waals surface area contributed by atoms with Crippen molar-refractivity contribution in [3.63, 3.8) is 0 Å². The van der Waals surface area contributed by atoms with E-state index in [0.29, 0.717) is 13.0 Å². The normalized spacial score (nSPS) is 11.1. The minimum atomic E-state index is -0.988. The number of nitro groups is 1. The summed E-state index contributed by atoms with van der Waals surface area (Å²) in [6.07, 6.45) is -0.538. The van der Waals surface area contributed by atoms with E-state index in [4.69, 9.17) is 5.11 Å². The van der Waals surface area contributed by atoms with Crippen LogP contribution in [0.25, 0.3) is 0 Å². The first kappa shape index (κ1) is 14.9. The highest BCUT2D eigenvalue weighted by molar-refractivity contribution is 5.66. The second-order valence-corrected chi connectivity index (χ2v) is 5.28. The van der Waals surface area contributed by atoms with Crippen LogP contribution in [0.1, 0.15) is 26.3 Å². The molecule has 6 heteroatoms. The molecule has 0 saturated heterocycles. The van der Waals surface area contributed by atoms with Crippen molar-refractivity contribution in [2.75, 3.05) is 6.54 Å². The van der Waals surface area contributed by atoms with E-state index in [1.807, 2.05) is 20.8 Å². The summed E-state index contributed by atoms with van der Waals surface area (Å²) in [5.74, 6) is 0. The Bertz CT molecular complexity index is 480. The number of benzene rings is 1. The number of nitro benzene ring substituents is 1. The van der Waals surface area contributed by atoms with Crippen LogP contribution in [0.5, 0.6) is 0 Å². The number of carbonyl (C=O) groups is 1. The molecule has 1 aromatic rings. The van der Waals surface area contributed by atoms with Crippen LogP contribution in [0.2, 0.25) is 0 Å². The maximum absolute atomic E-state index is 11.2. The zero-order chi connectivity index (χ0) is 14.6. The number of rotatable bonds is 4. The third kappa shape index (κ3) is 4.24. The van der Waals surface area contributed by atoms with E-state index in [2.05, 4.69) is 0 Å². The molecular formula is C13H18N2O4. The van der Waals surface area contributed by atoms with Gasteiger partial charge < -0.3 is 10.0 Å². The lowest BCUT2D eigenvalue weighted by atomic mass is 10.0. The van der Waals surface area contributed by atoms with E-state index in [9.17, 15) is 14.9 Å². The Morgan fingerprint density at radius 3 is 2.53 bits per heavy atom. The maximum atomic E-state index is 11.2. The smallest absolute Gasteiger partial charge is 0.407 e. The van der Waals surface area contributed by atoms with Gasteiger partial charge in [-0.15, -0.1) is 0 Å². The molecular weight excluding hydrogens is 248 g/mol. The molecule has 19 heavy (non-hydrogen) atoms. The van der Waals surface area contributed by atoms with Gasteiger partial charge in [0.2, 0.25) is 0 Å². The van der Waals surface area contributed by atoms with Gasteiger partial charge in [-0.1, -0.05) is 12.1 Å². The van der Waals surface area contributed by atoms with Crippen LogP contribution >= 0.6 is 0 Å². The fraction of sp³-hybridized carbons (Fsp3) is 0.462. The Morgan fingerprint density at radius 1 is 1.42 bits per heavy atom. The second kappa shape index (κ2) is 5.69. The summed E-state index contributed by atoms with van der Waals surface area (Å²) in [5, 5.41) is 19.8. The summed E-state index contributed by atoms with van der Waals surface area (Å²) in [7, 11) is 0. The van der Waals surface area contributed by atoms with Crippen LogP contribution in [-0.4, -0.2) is 33.1 Å². The quantitative estimate of drug-likeness (QED) is 0.670. The van der Waals surface area contributed by atoms with Crippen LogP contribution < -0.4 is 0 Å². The van der Waals surface area contributed by atoms with E-state index in [-0.39, 0.29) is 5.69 Å². The summed E-state index contributed by atoms with van der Waals surface area (Å²) >= 11 is 0. The summed E-state index contributed by atoms with van der Waals surface area (Å²) < 4.78 is 0. The molecule has 0 heterocycles. The van der Waals surface area contributed by atoms with Crippen molar-refractivity contribution in [1.82, 2.24) is 4.90 Å². The van der Waals surface area contributed by atoms with Crippen molar-refractivity contribution >= 4 is 11.8 Å². The van der Waals surface area contributed by atoms with Gasteiger partial charge in [-0.3, -0.25) is 10.1 Å². The molecule has 0 radical (unpaired) electrons. The summed E-state index contributed by atoms with van der Waals surface area (Å²) in [4.78, 5) is 22.7. The largest absolute Gasteiger partial charge is 0.465 e. The average Bonchev–Trinajstić information content (AvgIpc) is 2.27. The first-order chi connectivity index (χ1) is 8.71. The molecule has 104 valence electrons. The molecule has 1 rings (SSSR count). The lowest BCUT2D eigenvalue weighted by Gasteiger charge is -2.33. The monoisotopic (exact) mass is 266 g/mol. The van der Waals surface area contributed by atoms with Crippen molar-refractivity contribution in [2.24, 2.45) is 0 Å². The Kier molecular flexibility index (Phi) is 4.47. The molecule has 0 aliphatic rings. The van der Waals surface area contributed by atoms with Crippen LogP contribution in [0.3, 0.4) is 0 Å². The molecule has 0 bridgehead atoms. The molecule has 0 aliphatic carbocycles. The van der Waals surface area contributed by atoms with Gasteiger partial charge in [-0.25, -0.2) is 4.79 Å². The van der Waals surface area contributed by atoms with Crippen molar-refractivity contribution in [2.45, 2.75) is 32.7 Å². The predicted molar refractivity (Wildman–Crippen MR) is 71.3 cm³/mol. The Hall–Kier alpha value is -2.11. The topological polar surface area (TPSA) is 83.7 Å². The molecule has 0 aliphatic heterocycles. The number of amides is 1. The first-order valence-corrected chi connectivity index (χ1v) is 5.95. The molecule has 0 spiro atoms. The molecule has 0 unspecified atom stereocenters. The number of hydrogen-bond donors (Lipinski definition) is 1. The number of carboxylic acid groups (broad SMARTS) is 1. The van der Waals surface area contributed by atoms with Gasteiger partial charge in [0.1, 0.15) is 0 Å². The highest BCUT2D eigenvalue weighted by Crippen LogP contribution is 2.17. The number of hydrogen-bond acceptors (Lipinski definition) is 3. The summed E-state index contributed by atoms with van der Waals surface area (Å²) in [6.45, 7) is 5.75. The fourth-order valence-electron chi connectivity index (χ4n) is 1.78. The van der Waals surface area contributed by atoms with Gasteiger partial charge in [0.25, 0.3) is 5.69 Å². The maximum Gasteiger partial charge on any atom is 0.407 e. The molecule has 1 N–H and O–H groups in total. The highest BCUT2D eigenvalue weighted by Gasteiger charge is 2.25. The molecule has 0 fully saturated rings. The van der Waals surface area contributed by atoms with Crippen LogP contribution in [0.15, 0.2) is 24.3 Å². The lowest BCUT2D eigenvalue weighted by molar-refractivity contribution is -0.384. The van der Waals surface area contributed by atoms with Crippen molar-refractivity contribution in [3.05, 3.63) is 39.9 Å². The molecule has 1 amide bonds. The van der Waals surface area contributed by atoms with E-state index >= 15 is 0 Å². The highest BCUT2D eigenvalue weighted by atomic mass is 16.6. The van der Waals surface area contributed by atoms with Crippen LogP contribution in [0.4, 0.5) is 10.5 Å². The lowest BCUT2D eigenvalue weighted by Crippen LogP contribution is -2.45. The molecule has 0 atom stereocenters. The summed E-state index contributed by atoms with van der Waals surface area (Å²) in [6, 6.07) is 6.26. The summed E-state index contributed by atoms with van der Waals surface area (Å²) in [5.41, 5.74) is 0.284. The average molecular weight is 266 g/mol. The molecule has 1 aromatic carbocycles. The standard InChI is InChI=1S/C13H18N2O4/c1-13(2,3)14(12(16)17)8-7-10-5-4-6-11(9-10)15(18)19/h4-6,9H,7-8H2,1-3H3,(H,16,17). The van der Waals surface area contributed by atoms with E-state index in [1.54, 1.807) is 12.1 Å². The predicted octanol–water partition coefficient (Wildman–Crippen LogP) is 2.92. The number of non-ortho nitro benzene ring substituents is 1. The van der Waals surface area contributed by atoms with Gasteiger partial charge in [0.15, 0.2) is 0 Å². The third-order valence-electron chi connectivity index (χ3n) is 2.79. The van der Waals surface area contributed by atoms with Gasteiger partial charge >= 0.3 is 6.09 Å². The van der Waals surface area contributed by atoms with Crippen LogP contribution in [-0.2, 0) is 6.42 Å². The Labute approximate surface area is 111 Å². The molecule has 0 saturated carbocycles. The van der Waals surface area contributed by atoms with Crippen molar-refractivity contribution < 1.29 is 14.8 Å². The van der Waals surface area contributed by atoms with Gasteiger partial charge in [0.05, 0.1) is 4.92 Å². The van der Waals surface area contributed by atoms with Crippen molar-refractivity contribution in [3.8, 4) is 0 Å². The minimum Gasteiger partial charge on any atom is -0.465 e. The number of nitrogens with zero attached hydrogens (tertiary/aromatic N) is 2. The molecule has 0 aromatic heterocycles. The van der Waals surface area contributed by atoms with Gasteiger partial charge in [-0.2, -0.15) is 0 Å². The van der Waals surface area contributed by atoms with E-state index in [0.717, 1.165) is 5.56 Å². The Balaban J connectivity index is 2.78. The van der Waals surface area contributed by atoms with Crippen LogP contribution in [0, 0.1) is 10.1 Å². The minimum absolute atomic E-state index is 0.0233. The SMILES string of the molecule is CC(C)(C)N(CCc1cccc([N+](=O)[O-])c1)C(=O)O. The Morgan fingerprint density at radius 2 is 2.05 bits per heavy atom. The second-order valence-electron chi connectivity index (χ2n) is 5.28. The molecule has 6 nitrogen and oxygen atoms in total. The van der Waals surface area contributed by atoms with Gasteiger partial charge in [-0.05, 0) is 32.8 Å². The zero-order valence-electron chi connectivity index (χ0n) is 11.3. The van der Waals surface area contributed by atoms with Crippen molar-refractivity contribution in [1.29, 1.82) is 0 Å². The fourth-order valence-corrected chi connectivity index (χ4v) is 1.78. The van der Waals surface area contributed by atoms with E-state index < -0.39 is 16.6 Å². The zero-order valence-corrected chi connectivity index (χ0v) is 11.3. The first-order valence-electron chi connectivity index (χ1n) is 5.95. The third-order valence-corrected chi connectivity index (χ3v) is 2.79. The van der Waals surface area contributed by atoms with Gasteiger partial charge in [0, 0.05) is 24.2 Å².